The highest BCUT2D eigenvalue weighted by molar-refractivity contribution is 7.89. The number of ether oxygens (including phenoxy) is 1. The molecule has 2 amide bonds. The number of nitrogens with one attached hydrogen (secondary N) is 2. The summed E-state index contributed by atoms with van der Waals surface area (Å²) in [6.45, 7) is 1.51. The quantitative estimate of drug-likeness (QED) is 0.686. The van der Waals surface area contributed by atoms with Gasteiger partial charge in [0.05, 0.1) is 4.90 Å². The zero-order valence-corrected chi connectivity index (χ0v) is 17.1. The van der Waals surface area contributed by atoms with Crippen molar-refractivity contribution in [2.45, 2.75) is 11.8 Å². The highest BCUT2D eigenvalue weighted by atomic mass is 35.5. The fraction of sp³-hybridized carbons (Fsp3) is 0.222. The maximum atomic E-state index is 12.1. The van der Waals surface area contributed by atoms with Gasteiger partial charge in [-0.3, -0.25) is 20.4 Å². The van der Waals surface area contributed by atoms with Crippen LogP contribution in [0.15, 0.2) is 47.4 Å². The van der Waals surface area contributed by atoms with E-state index in [4.69, 9.17) is 16.3 Å². The summed E-state index contributed by atoms with van der Waals surface area (Å²) in [5.74, 6) is -0.682. The summed E-state index contributed by atoms with van der Waals surface area (Å²) in [5, 5.41) is 0.591. The number of carbonyl (C=O) groups is 2. The van der Waals surface area contributed by atoms with Gasteiger partial charge >= 0.3 is 0 Å². The molecule has 8 nitrogen and oxygen atoms in total. The summed E-state index contributed by atoms with van der Waals surface area (Å²) in [6, 6.07) is 10.3. The molecule has 0 saturated carbocycles. The van der Waals surface area contributed by atoms with Crippen molar-refractivity contribution in [3.05, 3.63) is 58.6 Å². The van der Waals surface area contributed by atoms with Gasteiger partial charge in [-0.25, -0.2) is 12.7 Å². The van der Waals surface area contributed by atoms with Crippen LogP contribution in [-0.4, -0.2) is 45.2 Å². The Labute approximate surface area is 168 Å². The first-order valence-corrected chi connectivity index (χ1v) is 9.94. The predicted octanol–water partition coefficient (Wildman–Crippen LogP) is 1.74. The summed E-state index contributed by atoms with van der Waals surface area (Å²) in [4.78, 5) is 23.9. The minimum Gasteiger partial charge on any atom is -0.484 e. The summed E-state index contributed by atoms with van der Waals surface area (Å²) in [7, 11) is -0.746. The molecule has 28 heavy (non-hydrogen) atoms. The maximum absolute atomic E-state index is 12.1. The smallest absolute Gasteiger partial charge is 0.276 e. The minimum atomic E-state index is -3.58. The van der Waals surface area contributed by atoms with Crippen molar-refractivity contribution in [2.24, 2.45) is 0 Å². The fourth-order valence-electron chi connectivity index (χ4n) is 2.08. The van der Waals surface area contributed by atoms with Crippen LogP contribution in [0, 0.1) is 6.92 Å². The first kappa shape index (κ1) is 21.7. The van der Waals surface area contributed by atoms with E-state index in [0.717, 1.165) is 9.87 Å². The molecule has 0 fully saturated rings. The number of carbonyl (C=O) groups excluding carboxylic acids is 2. The average molecular weight is 426 g/mol. The van der Waals surface area contributed by atoms with Gasteiger partial charge in [-0.05, 0) is 55.0 Å². The van der Waals surface area contributed by atoms with Crippen LogP contribution in [0.5, 0.6) is 5.75 Å². The summed E-state index contributed by atoms with van der Waals surface area (Å²) in [6.07, 6.45) is 0. The molecule has 0 saturated heterocycles. The van der Waals surface area contributed by atoms with Crippen molar-refractivity contribution in [1.29, 1.82) is 0 Å². The predicted molar refractivity (Wildman–Crippen MR) is 105 cm³/mol. The van der Waals surface area contributed by atoms with Gasteiger partial charge in [-0.15, -0.1) is 0 Å². The van der Waals surface area contributed by atoms with Crippen molar-refractivity contribution in [2.75, 3.05) is 20.7 Å². The zero-order valence-electron chi connectivity index (χ0n) is 15.5. The Morgan fingerprint density at radius 2 is 1.71 bits per heavy atom. The number of rotatable bonds is 6. The molecular weight excluding hydrogens is 406 g/mol. The maximum Gasteiger partial charge on any atom is 0.276 e. The fourth-order valence-corrected chi connectivity index (χ4v) is 3.10. The van der Waals surface area contributed by atoms with E-state index in [-0.39, 0.29) is 17.1 Å². The first-order chi connectivity index (χ1) is 13.1. The number of halogens is 1. The van der Waals surface area contributed by atoms with Crippen molar-refractivity contribution >= 4 is 33.4 Å². The molecule has 150 valence electrons. The Morgan fingerprint density at radius 1 is 1.07 bits per heavy atom. The van der Waals surface area contributed by atoms with E-state index in [1.54, 1.807) is 18.2 Å². The van der Waals surface area contributed by atoms with Crippen LogP contribution in [-0.2, 0) is 14.8 Å². The second-order valence-electron chi connectivity index (χ2n) is 6.01. The topological polar surface area (TPSA) is 105 Å². The van der Waals surface area contributed by atoms with Gasteiger partial charge in [0, 0.05) is 24.7 Å². The van der Waals surface area contributed by atoms with Crippen molar-refractivity contribution in [3.8, 4) is 5.75 Å². The number of aryl methyl sites for hydroxylation is 1. The van der Waals surface area contributed by atoms with Crippen molar-refractivity contribution in [1.82, 2.24) is 15.2 Å². The largest absolute Gasteiger partial charge is 0.484 e. The van der Waals surface area contributed by atoms with E-state index in [9.17, 15) is 18.0 Å². The Hall–Kier alpha value is -2.62. The molecule has 2 rings (SSSR count). The lowest BCUT2D eigenvalue weighted by molar-refractivity contribution is -0.123. The molecule has 0 unspecified atom stereocenters. The highest BCUT2D eigenvalue weighted by Gasteiger charge is 2.17. The van der Waals surface area contributed by atoms with Crippen LogP contribution in [0.3, 0.4) is 0 Å². The molecule has 0 aromatic heterocycles. The number of sulfonamides is 1. The normalized spacial score (nSPS) is 11.2. The van der Waals surface area contributed by atoms with Gasteiger partial charge in [0.2, 0.25) is 10.0 Å². The monoisotopic (exact) mass is 425 g/mol. The van der Waals surface area contributed by atoms with Gasteiger partial charge in [-0.2, -0.15) is 0 Å². The number of hydrogen-bond acceptors (Lipinski definition) is 5. The molecule has 0 atom stereocenters. The van der Waals surface area contributed by atoms with E-state index >= 15 is 0 Å². The molecule has 2 N–H and O–H groups in total. The molecule has 10 heteroatoms. The van der Waals surface area contributed by atoms with E-state index in [1.165, 1.54) is 38.4 Å². The third-order valence-corrected chi connectivity index (χ3v) is 5.96. The molecule has 0 spiro atoms. The summed E-state index contributed by atoms with van der Waals surface area (Å²) >= 11 is 5.92. The third kappa shape index (κ3) is 5.44. The third-order valence-electron chi connectivity index (χ3n) is 3.71. The molecular formula is C18H20ClN3O5S. The lowest BCUT2D eigenvalue weighted by atomic mass is 10.2. The Kier molecular flexibility index (Phi) is 7.00. The van der Waals surface area contributed by atoms with Gasteiger partial charge in [0.25, 0.3) is 11.8 Å². The summed E-state index contributed by atoms with van der Waals surface area (Å²) in [5.41, 5.74) is 5.46. The lowest BCUT2D eigenvalue weighted by Gasteiger charge is -2.12. The Balaban J connectivity index is 1.87. The zero-order chi connectivity index (χ0) is 20.9. The standard InChI is InChI=1S/C18H20ClN3O5S/c1-12-10-14(6-9-16(12)19)27-11-17(23)20-21-18(24)13-4-7-15(8-5-13)28(25,26)22(2)3/h4-10H,11H2,1-3H3,(H,20,23)(H,21,24). The molecule has 2 aromatic carbocycles. The molecule has 0 aliphatic rings. The van der Waals surface area contributed by atoms with Crippen LogP contribution >= 0.6 is 11.6 Å². The second kappa shape index (κ2) is 9.05. The van der Waals surface area contributed by atoms with Crippen LogP contribution in [0.4, 0.5) is 0 Å². The average Bonchev–Trinajstić information content (AvgIpc) is 2.67. The number of nitrogens with zero attached hydrogens (tertiary/aromatic N) is 1. The SMILES string of the molecule is Cc1cc(OCC(=O)NNC(=O)c2ccc(S(=O)(=O)N(C)C)cc2)ccc1Cl. The molecule has 0 heterocycles. The van der Waals surface area contributed by atoms with Crippen molar-refractivity contribution < 1.29 is 22.7 Å². The minimum absolute atomic E-state index is 0.0599. The van der Waals surface area contributed by atoms with Gasteiger partial charge in [0.15, 0.2) is 6.61 Å². The molecule has 0 aliphatic heterocycles. The van der Waals surface area contributed by atoms with Crippen LogP contribution in [0.2, 0.25) is 5.02 Å². The van der Waals surface area contributed by atoms with E-state index in [2.05, 4.69) is 10.9 Å². The second-order valence-corrected chi connectivity index (χ2v) is 8.57. The number of amides is 2. The van der Waals surface area contributed by atoms with Crippen LogP contribution in [0.1, 0.15) is 15.9 Å². The van der Waals surface area contributed by atoms with E-state index < -0.39 is 21.8 Å². The Morgan fingerprint density at radius 3 is 2.29 bits per heavy atom. The number of hydrazine groups is 1. The summed E-state index contributed by atoms with van der Waals surface area (Å²) < 4.78 is 30.4. The first-order valence-electron chi connectivity index (χ1n) is 8.12. The van der Waals surface area contributed by atoms with Crippen LogP contribution < -0.4 is 15.6 Å². The van der Waals surface area contributed by atoms with Gasteiger partial charge < -0.3 is 4.74 Å². The molecule has 0 radical (unpaired) electrons. The highest BCUT2D eigenvalue weighted by Crippen LogP contribution is 2.20. The molecule has 0 bridgehead atoms. The van der Waals surface area contributed by atoms with E-state index in [0.29, 0.717) is 10.8 Å². The molecule has 2 aromatic rings. The van der Waals surface area contributed by atoms with Crippen LogP contribution in [0.25, 0.3) is 0 Å². The lowest BCUT2D eigenvalue weighted by Crippen LogP contribution is -2.43. The van der Waals surface area contributed by atoms with Crippen molar-refractivity contribution in [3.63, 3.8) is 0 Å². The van der Waals surface area contributed by atoms with Gasteiger partial charge in [-0.1, -0.05) is 11.6 Å². The number of benzene rings is 2. The Bertz CT molecular complexity index is 975. The molecule has 0 aliphatic carbocycles. The van der Waals surface area contributed by atoms with Gasteiger partial charge in [0.1, 0.15) is 5.75 Å². The number of hydrogen-bond donors (Lipinski definition) is 2. The van der Waals surface area contributed by atoms with E-state index in [1.807, 2.05) is 6.92 Å².